The molecule has 0 radical (unpaired) electrons. The molecule has 5 heteroatoms. The predicted octanol–water partition coefficient (Wildman–Crippen LogP) is 2.64. The molecule has 21 heavy (non-hydrogen) atoms. The number of carbonyl (C=O) groups excluding carboxylic acids is 1. The van der Waals surface area contributed by atoms with Gasteiger partial charge >= 0.3 is 5.97 Å². The molecule has 5 nitrogen and oxygen atoms in total. The summed E-state index contributed by atoms with van der Waals surface area (Å²) in [7, 11) is 0. The van der Waals surface area contributed by atoms with Crippen molar-refractivity contribution >= 4 is 11.9 Å². The van der Waals surface area contributed by atoms with Crippen molar-refractivity contribution in [3.05, 3.63) is 29.8 Å². The van der Waals surface area contributed by atoms with Gasteiger partial charge in [0.15, 0.2) is 5.54 Å². The lowest BCUT2D eigenvalue weighted by atomic mass is 9.89. The highest BCUT2D eigenvalue weighted by Gasteiger charge is 2.42. The number of carboxylic acids is 1. The number of carboxylic acid groups (broad SMARTS) is 1. The number of likely N-dealkylation sites (N-methyl/N-ethyl adjacent to an activating group) is 1. The van der Waals surface area contributed by atoms with Gasteiger partial charge in [0.2, 0.25) is 5.91 Å². The van der Waals surface area contributed by atoms with Crippen molar-refractivity contribution in [1.82, 2.24) is 4.90 Å². The maximum Gasteiger partial charge on any atom is 0.334 e. The molecule has 0 spiro atoms. The molecule has 1 aromatic rings. The molecule has 0 saturated heterocycles. The lowest BCUT2D eigenvalue weighted by Gasteiger charge is -2.37. The fourth-order valence-corrected chi connectivity index (χ4v) is 2.38. The van der Waals surface area contributed by atoms with Crippen LogP contribution in [0.15, 0.2) is 24.3 Å². The molecule has 0 heterocycles. The number of carbonyl (C=O) groups is 2. The van der Waals surface area contributed by atoms with E-state index in [1.165, 1.54) is 11.8 Å². The third-order valence-corrected chi connectivity index (χ3v) is 3.44. The molecule has 1 atom stereocenters. The van der Waals surface area contributed by atoms with Crippen LogP contribution < -0.4 is 4.74 Å². The third kappa shape index (κ3) is 3.54. The van der Waals surface area contributed by atoms with E-state index in [9.17, 15) is 14.7 Å². The van der Waals surface area contributed by atoms with Crippen LogP contribution in [0.2, 0.25) is 0 Å². The summed E-state index contributed by atoms with van der Waals surface area (Å²) in [5, 5.41) is 9.63. The summed E-state index contributed by atoms with van der Waals surface area (Å²) in [5.74, 6) is -0.658. The van der Waals surface area contributed by atoms with E-state index in [1.54, 1.807) is 38.1 Å². The van der Waals surface area contributed by atoms with Crippen LogP contribution in [0.3, 0.4) is 0 Å². The number of aliphatic carboxylic acids is 1. The molecular formula is C16H23NO4. The first kappa shape index (κ1) is 17.0. The Morgan fingerprint density at radius 2 is 1.81 bits per heavy atom. The fraction of sp³-hybridized carbons (Fsp3) is 0.500. The monoisotopic (exact) mass is 293 g/mol. The van der Waals surface area contributed by atoms with E-state index in [1.807, 2.05) is 13.8 Å². The van der Waals surface area contributed by atoms with Crippen LogP contribution in [0.1, 0.15) is 40.2 Å². The molecule has 0 fully saturated rings. The second kappa shape index (κ2) is 6.61. The highest BCUT2D eigenvalue weighted by atomic mass is 16.5. The van der Waals surface area contributed by atoms with Gasteiger partial charge in [-0.3, -0.25) is 4.79 Å². The summed E-state index contributed by atoms with van der Waals surface area (Å²) in [6, 6.07) is 6.84. The zero-order valence-corrected chi connectivity index (χ0v) is 13.2. The fourth-order valence-electron chi connectivity index (χ4n) is 2.38. The van der Waals surface area contributed by atoms with Crippen LogP contribution in [-0.2, 0) is 15.1 Å². The van der Waals surface area contributed by atoms with Crippen LogP contribution in [0.5, 0.6) is 5.75 Å². The lowest BCUT2D eigenvalue weighted by Crippen LogP contribution is -2.51. The highest BCUT2D eigenvalue weighted by Crippen LogP contribution is 2.30. The summed E-state index contributed by atoms with van der Waals surface area (Å²) in [6.45, 7) is 8.84. The Kier molecular flexibility index (Phi) is 5.35. The molecule has 0 saturated carbocycles. The van der Waals surface area contributed by atoms with E-state index in [4.69, 9.17) is 4.74 Å². The smallest absolute Gasteiger partial charge is 0.334 e. The summed E-state index contributed by atoms with van der Waals surface area (Å²) in [5.41, 5.74) is -0.847. The Balaban J connectivity index is 3.22. The van der Waals surface area contributed by atoms with E-state index in [2.05, 4.69) is 0 Å². The number of ether oxygens (including phenoxy) is 1. The standard InChI is InChI=1S/C16H23NO4/c1-6-17(12(4)18)16(5,15(19)20)13-7-9-14(10-8-13)21-11(2)3/h7-11H,6H2,1-5H3,(H,19,20). The summed E-state index contributed by atoms with van der Waals surface area (Å²) < 4.78 is 5.55. The van der Waals surface area contributed by atoms with Crippen molar-refractivity contribution in [1.29, 1.82) is 0 Å². The normalized spacial score (nSPS) is 13.6. The highest BCUT2D eigenvalue weighted by molar-refractivity contribution is 5.87. The quantitative estimate of drug-likeness (QED) is 0.875. The van der Waals surface area contributed by atoms with Gasteiger partial charge in [0.05, 0.1) is 6.10 Å². The van der Waals surface area contributed by atoms with Gasteiger partial charge in [0.1, 0.15) is 5.75 Å². The summed E-state index contributed by atoms with van der Waals surface area (Å²) in [6.07, 6.45) is 0.0473. The maximum absolute atomic E-state index is 11.8. The third-order valence-electron chi connectivity index (χ3n) is 3.44. The van der Waals surface area contributed by atoms with Gasteiger partial charge in [-0.05, 0) is 45.4 Å². The number of amides is 1. The maximum atomic E-state index is 11.8. The Labute approximate surface area is 125 Å². The van der Waals surface area contributed by atoms with Gasteiger partial charge < -0.3 is 14.7 Å². The zero-order valence-electron chi connectivity index (χ0n) is 13.2. The predicted molar refractivity (Wildman–Crippen MR) is 80.3 cm³/mol. The Morgan fingerprint density at radius 3 is 2.14 bits per heavy atom. The van der Waals surface area contributed by atoms with Crippen molar-refractivity contribution in [2.45, 2.75) is 46.3 Å². The van der Waals surface area contributed by atoms with Crippen molar-refractivity contribution in [2.75, 3.05) is 6.54 Å². The largest absolute Gasteiger partial charge is 0.491 e. The second-order valence-corrected chi connectivity index (χ2v) is 5.33. The molecule has 0 aliphatic carbocycles. The molecule has 0 bridgehead atoms. The van der Waals surface area contributed by atoms with Gasteiger partial charge in [0, 0.05) is 13.5 Å². The summed E-state index contributed by atoms with van der Waals surface area (Å²) >= 11 is 0. The summed E-state index contributed by atoms with van der Waals surface area (Å²) in [4.78, 5) is 24.9. The number of hydrogen-bond acceptors (Lipinski definition) is 3. The minimum Gasteiger partial charge on any atom is -0.491 e. The number of rotatable bonds is 6. The van der Waals surface area contributed by atoms with Gasteiger partial charge in [-0.2, -0.15) is 0 Å². The molecule has 1 amide bonds. The van der Waals surface area contributed by atoms with E-state index >= 15 is 0 Å². The van der Waals surface area contributed by atoms with Crippen LogP contribution >= 0.6 is 0 Å². The van der Waals surface area contributed by atoms with Gasteiger partial charge in [0.25, 0.3) is 0 Å². The number of benzene rings is 1. The first-order valence-electron chi connectivity index (χ1n) is 7.02. The van der Waals surface area contributed by atoms with E-state index in [0.29, 0.717) is 17.9 Å². The van der Waals surface area contributed by atoms with Crippen molar-refractivity contribution in [3.8, 4) is 5.75 Å². The number of hydrogen-bond donors (Lipinski definition) is 1. The van der Waals surface area contributed by atoms with Crippen LogP contribution in [-0.4, -0.2) is 34.5 Å². The second-order valence-electron chi connectivity index (χ2n) is 5.33. The SMILES string of the molecule is CCN(C(C)=O)C(C)(C(=O)O)c1ccc(OC(C)C)cc1. The van der Waals surface area contributed by atoms with Crippen LogP contribution in [0, 0.1) is 0 Å². The average molecular weight is 293 g/mol. The molecule has 1 N–H and O–H groups in total. The minimum absolute atomic E-state index is 0.0473. The van der Waals surface area contributed by atoms with Gasteiger partial charge in [-0.1, -0.05) is 12.1 Å². The Bertz CT molecular complexity index is 510. The number of nitrogens with zero attached hydrogens (tertiary/aromatic N) is 1. The van der Waals surface area contributed by atoms with Crippen molar-refractivity contribution in [2.24, 2.45) is 0 Å². The molecular weight excluding hydrogens is 270 g/mol. The molecule has 1 aromatic carbocycles. The van der Waals surface area contributed by atoms with E-state index in [0.717, 1.165) is 0 Å². The molecule has 0 aliphatic rings. The van der Waals surface area contributed by atoms with Crippen LogP contribution in [0.4, 0.5) is 0 Å². The molecule has 116 valence electrons. The minimum atomic E-state index is -1.39. The topological polar surface area (TPSA) is 66.8 Å². The Morgan fingerprint density at radius 1 is 1.29 bits per heavy atom. The van der Waals surface area contributed by atoms with Crippen molar-refractivity contribution in [3.63, 3.8) is 0 Å². The van der Waals surface area contributed by atoms with Crippen molar-refractivity contribution < 1.29 is 19.4 Å². The van der Waals surface area contributed by atoms with Crippen LogP contribution in [0.25, 0.3) is 0 Å². The zero-order chi connectivity index (χ0) is 16.2. The molecule has 0 aromatic heterocycles. The van der Waals surface area contributed by atoms with E-state index in [-0.39, 0.29) is 12.0 Å². The Hall–Kier alpha value is -2.04. The molecule has 1 rings (SSSR count). The first-order chi connectivity index (χ1) is 9.73. The molecule has 0 aliphatic heterocycles. The lowest BCUT2D eigenvalue weighted by molar-refractivity contribution is -0.158. The average Bonchev–Trinajstić information content (AvgIpc) is 2.38. The van der Waals surface area contributed by atoms with Gasteiger partial charge in [-0.25, -0.2) is 4.79 Å². The first-order valence-corrected chi connectivity index (χ1v) is 7.02. The van der Waals surface area contributed by atoms with Gasteiger partial charge in [-0.15, -0.1) is 0 Å². The molecule has 1 unspecified atom stereocenters. The van der Waals surface area contributed by atoms with E-state index < -0.39 is 11.5 Å².